The average molecular weight is 568 g/mol. The summed E-state index contributed by atoms with van der Waals surface area (Å²) < 4.78 is 0. The van der Waals surface area contributed by atoms with Crippen molar-refractivity contribution in [3.8, 4) is 0 Å². The summed E-state index contributed by atoms with van der Waals surface area (Å²) >= 11 is 0. The van der Waals surface area contributed by atoms with Gasteiger partial charge < -0.3 is 20.6 Å². The lowest BCUT2D eigenvalue weighted by atomic mass is 10.0. The van der Waals surface area contributed by atoms with Crippen LogP contribution in [0.5, 0.6) is 0 Å². The van der Waals surface area contributed by atoms with E-state index in [9.17, 15) is 20.1 Å². The second-order valence-corrected chi connectivity index (χ2v) is 12.1. The maximum Gasteiger partial charge on any atom is 0.222 e. The maximum absolute atomic E-state index is 12.3. The average Bonchev–Trinajstić information content (AvgIpc) is 2.94. The largest absolute Gasteiger partial charge is 0.394 e. The highest BCUT2D eigenvalue weighted by Gasteiger charge is 2.21. The first kappa shape index (κ1) is 39.1. The van der Waals surface area contributed by atoms with Crippen molar-refractivity contribution < 1.29 is 20.1 Å². The van der Waals surface area contributed by atoms with Crippen LogP contribution in [0.1, 0.15) is 181 Å². The van der Waals surface area contributed by atoms with E-state index >= 15 is 0 Å². The van der Waals surface area contributed by atoms with Gasteiger partial charge in [-0.1, -0.05) is 148 Å². The molecule has 0 aliphatic carbocycles. The topological polar surface area (TPSA) is 89.8 Å². The fourth-order valence-electron chi connectivity index (χ4n) is 5.34. The van der Waals surface area contributed by atoms with Gasteiger partial charge in [0.25, 0.3) is 0 Å². The Morgan fingerprint density at radius 2 is 1.00 bits per heavy atom. The van der Waals surface area contributed by atoms with Crippen molar-refractivity contribution in [1.29, 1.82) is 0 Å². The third-order valence-electron chi connectivity index (χ3n) is 8.08. The molecule has 0 aliphatic rings. The van der Waals surface area contributed by atoms with Crippen LogP contribution in [-0.2, 0) is 4.79 Å². The second-order valence-electron chi connectivity index (χ2n) is 12.1. The first-order valence-corrected chi connectivity index (χ1v) is 17.5. The molecule has 0 rings (SSSR count). The summed E-state index contributed by atoms with van der Waals surface area (Å²) in [6.07, 6.45) is 33.0. The number of carbonyl (C=O) groups is 1. The van der Waals surface area contributed by atoms with Gasteiger partial charge in [-0.3, -0.25) is 4.79 Å². The molecule has 4 N–H and O–H groups in total. The van der Waals surface area contributed by atoms with Crippen molar-refractivity contribution >= 4 is 5.91 Å². The molecule has 0 aromatic rings. The van der Waals surface area contributed by atoms with Crippen LogP contribution in [-0.4, -0.2) is 46.1 Å². The molecule has 0 radical (unpaired) electrons. The Kier molecular flexibility index (Phi) is 30.3. The molecular weight excluding hydrogens is 498 g/mol. The zero-order valence-corrected chi connectivity index (χ0v) is 26.7. The molecule has 0 aromatic carbocycles. The highest BCUT2D eigenvalue weighted by Crippen LogP contribution is 2.15. The number of amides is 1. The quantitative estimate of drug-likeness (QED) is 0.0497. The molecule has 0 aliphatic heterocycles. The summed E-state index contributed by atoms with van der Waals surface area (Å²) in [6, 6.07) is -0.655. The van der Waals surface area contributed by atoms with Crippen molar-refractivity contribution in [3.63, 3.8) is 0 Å². The number of hydrogen-bond donors (Lipinski definition) is 4. The maximum atomic E-state index is 12.3. The number of carbonyl (C=O) groups excluding carboxylic acids is 1. The molecule has 0 fully saturated rings. The standard InChI is InChI=1S/C35H69NO4/c1-3-5-7-9-11-13-15-17-18-20-22-24-26-28-32(38)30-35(40)36-33(31-37)34(39)29-27-25-23-21-19-16-14-12-10-8-6-4-2/h13,15,32-34,37-39H,3-12,14,16-31H2,1-2H3,(H,36,40)/b15-13-. The molecule has 5 heteroatoms. The Hall–Kier alpha value is -0.910. The van der Waals surface area contributed by atoms with Gasteiger partial charge in [0.05, 0.1) is 31.3 Å². The summed E-state index contributed by atoms with van der Waals surface area (Å²) in [5.41, 5.74) is 0. The molecular formula is C35H69NO4. The first-order valence-electron chi connectivity index (χ1n) is 17.5. The second kappa shape index (κ2) is 31.0. The minimum Gasteiger partial charge on any atom is -0.394 e. The smallest absolute Gasteiger partial charge is 0.222 e. The summed E-state index contributed by atoms with van der Waals surface area (Å²) in [5, 5.41) is 33.1. The lowest BCUT2D eigenvalue weighted by Gasteiger charge is -2.23. The molecule has 5 nitrogen and oxygen atoms in total. The normalized spacial score (nSPS) is 14.0. The monoisotopic (exact) mass is 568 g/mol. The zero-order chi connectivity index (χ0) is 29.5. The Labute approximate surface area is 249 Å². The van der Waals surface area contributed by atoms with E-state index in [1.807, 2.05) is 0 Å². The van der Waals surface area contributed by atoms with E-state index in [0.717, 1.165) is 32.1 Å². The molecule has 0 saturated carbocycles. The van der Waals surface area contributed by atoms with Gasteiger partial charge in [-0.05, 0) is 38.5 Å². The number of hydrogen-bond acceptors (Lipinski definition) is 4. The Balaban J connectivity index is 3.71. The molecule has 40 heavy (non-hydrogen) atoms. The summed E-state index contributed by atoms with van der Waals surface area (Å²) in [6.45, 7) is 4.22. The van der Waals surface area contributed by atoms with Gasteiger partial charge in [-0.25, -0.2) is 0 Å². The van der Waals surface area contributed by atoms with Crippen LogP contribution in [0, 0.1) is 0 Å². The SMILES string of the molecule is CCCCCC/C=C\CCCCCCCC(O)CC(=O)NC(CO)C(O)CCCCCCCCCCCCCC. The van der Waals surface area contributed by atoms with Gasteiger partial charge in [0.15, 0.2) is 0 Å². The number of aliphatic hydroxyl groups is 3. The van der Waals surface area contributed by atoms with E-state index in [4.69, 9.17) is 0 Å². The molecule has 0 spiro atoms. The summed E-state index contributed by atoms with van der Waals surface area (Å²) in [4.78, 5) is 12.3. The van der Waals surface area contributed by atoms with Gasteiger partial charge in [0, 0.05) is 0 Å². The molecule has 3 atom stereocenters. The highest BCUT2D eigenvalue weighted by molar-refractivity contribution is 5.76. The molecule has 3 unspecified atom stereocenters. The predicted octanol–water partition coefficient (Wildman–Crippen LogP) is 8.92. The van der Waals surface area contributed by atoms with Crippen molar-refractivity contribution in [1.82, 2.24) is 5.32 Å². The van der Waals surface area contributed by atoms with Crippen LogP contribution in [0.3, 0.4) is 0 Å². The van der Waals surface area contributed by atoms with Gasteiger partial charge in [0.2, 0.25) is 5.91 Å². The predicted molar refractivity (Wildman–Crippen MR) is 172 cm³/mol. The van der Waals surface area contributed by atoms with Gasteiger partial charge >= 0.3 is 0 Å². The van der Waals surface area contributed by atoms with Crippen LogP contribution in [0.15, 0.2) is 12.2 Å². The number of unbranched alkanes of at least 4 members (excludes halogenated alkanes) is 20. The molecule has 0 saturated heterocycles. The van der Waals surface area contributed by atoms with Crippen molar-refractivity contribution in [2.24, 2.45) is 0 Å². The van der Waals surface area contributed by atoms with E-state index in [1.165, 1.54) is 116 Å². The summed E-state index contributed by atoms with van der Waals surface area (Å²) in [5.74, 6) is -0.290. The van der Waals surface area contributed by atoms with Gasteiger partial charge in [0.1, 0.15) is 0 Å². The number of allylic oxidation sites excluding steroid dienone is 2. The number of nitrogens with one attached hydrogen (secondary N) is 1. The fourth-order valence-corrected chi connectivity index (χ4v) is 5.34. The highest BCUT2D eigenvalue weighted by atomic mass is 16.3. The lowest BCUT2D eigenvalue weighted by molar-refractivity contribution is -0.125. The number of aliphatic hydroxyl groups excluding tert-OH is 3. The molecule has 238 valence electrons. The Bertz CT molecular complexity index is 554. The Morgan fingerprint density at radius 1 is 0.600 bits per heavy atom. The summed E-state index contributed by atoms with van der Waals surface area (Å²) in [7, 11) is 0. The van der Waals surface area contributed by atoms with Crippen molar-refractivity contribution in [2.75, 3.05) is 6.61 Å². The third-order valence-corrected chi connectivity index (χ3v) is 8.08. The van der Waals surface area contributed by atoms with Crippen LogP contribution in [0.25, 0.3) is 0 Å². The van der Waals surface area contributed by atoms with Crippen LogP contribution < -0.4 is 5.32 Å². The van der Waals surface area contributed by atoms with Crippen LogP contribution in [0.4, 0.5) is 0 Å². The van der Waals surface area contributed by atoms with Crippen LogP contribution >= 0.6 is 0 Å². The fraction of sp³-hybridized carbons (Fsp3) is 0.914. The van der Waals surface area contributed by atoms with E-state index in [0.29, 0.717) is 12.8 Å². The molecule has 0 heterocycles. The third kappa shape index (κ3) is 27.3. The lowest BCUT2D eigenvalue weighted by Crippen LogP contribution is -2.46. The van der Waals surface area contributed by atoms with Crippen LogP contribution in [0.2, 0.25) is 0 Å². The number of rotatable bonds is 31. The molecule has 0 aromatic heterocycles. The first-order chi connectivity index (χ1) is 19.5. The van der Waals surface area contributed by atoms with E-state index < -0.39 is 18.2 Å². The van der Waals surface area contributed by atoms with E-state index in [-0.39, 0.29) is 18.9 Å². The molecule has 1 amide bonds. The Morgan fingerprint density at radius 3 is 1.48 bits per heavy atom. The van der Waals surface area contributed by atoms with Gasteiger partial charge in [-0.15, -0.1) is 0 Å². The van der Waals surface area contributed by atoms with Crippen molar-refractivity contribution in [3.05, 3.63) is 12.2 Å². The minimum atomic E-state index is -0.745. The molecule has 0 bridgehead atoms. The van der Waals surface area contributed by atoms with E-state index in [2.05, 4.69) is 31.3 Å². The van der Waals surface area contributed by atoms with Gasteiger partial charge in [-0.2, -0.15) is 0 Å². The van der Waals surface area contributed by atoms with E-state index in [1.54, 1.807) is 0 Å². The minimum absolute atomic E-state index is 0.0326. The van der Waals surface area contributed by atoms with Crippen molar-refractivity contribution in [2.45, 2.75) is 199 Å². The zero-order valence-electron chi connectivity index (χ0n) is 26.7.